The lowest BCUT2D eigenvalue weighted by molar-refractivity contribution is -0.141. The number of amides is 6. The first-order valence-corrected chi connectivity index (χ1v) is 15.8. The van der Waals surface area contributed by atoms with E-state index in [0.29, 0.717) is 24.9 Å². The monoisotopic (exact) mass is 692 g/mol. The van der Waals surface area contributed by atoms with E-state index in [-0.39, 0.29) is 24.5 Å². The van der Waals surface area contributed by atoms with Crippen molar-refractivity contribution in [3.63, 3.8) is 0 Å². The van der Waals surface area contributed by atoms with Gasteiger partial charge in [-0.25, -0.2) is 4.79 Å². The summed E-state index contributed by atoms with van der Waals surface area (Å²) in [6, 6.07) is 0.211. The van der Waals surface area contributed by atoms with Crippen LogP contribution in [-0.2, 0) is 40.0 Å². The molecule has 0 bridgehead atoms. The largest absolute Gasteiger partial charge is 0.480 e. The number of thiol groups is 1. The van der Waals surface area contributed by atoms with E-state index in [0.717, 1.165) is 10.9 Å². The number of aliphatic carboxylic acids is 1. The number of nitrogens with one attached hydrogen (secondary N) is 6. The number of primary amides is 1. The number of hydrogen-bond acceptors (Lipinski definition) is 10. The minimum Gasteiger partial charge on any atom is -0.480 e. The van der Waals surface area contributed by atoms with Gasteiger partial charge in [-0.3, -0.25) is 28.8 Å². The smallest absolute Gasteiger partial charge is 0.327 e. The van der Waals surface area contributed by atoms with E-state index in [1.165, 1.54) is 13.8 Å². The number of nitrogens with two attached hydrogens (primary N) is 2. The molecule has 0 spiro atoms. The molecule has 0 saturated carbocycles. The van der Waals surface area contributed by atoms with Crippen molar-refractivity contribution in [2.45, 2.75) is 82.3 Å². The molecule has 0 aliphatic heterocycles. The Hall–Kier alpha value is -4.68. The second-order valence-electron chi connectivity index (χ2n) is 11.3. The van der Waals surface area contributed by atoms with E-state index in [2.05, 4.69) is 44.2 Å². The number of aliphatic hydroxyl groups excluding tert-OH is 1. The van der Waals surface area contributed by atoms with Crippen molar-refractivity contribution < 1.29 is 43.8 Å². The van der Waals surface area contributed by atoms with Crippen molar-refractivity contribution in [3.05, 3.63) is 36.0 Å². The highest BCUT2D eigenvalue weighted by Crippen LogP contribution is 2.19. The van der Waals surface area contributed by atoms with Gasteiger partial charge in [-0.2, -0.15) is 12.6 Å². The molecule has 0 aliphatic carbocycles. The third-order valence-corrected chi connectivity index (χ3v) is 7.64. The number of benzene rings is 1. The lowest BCUT2D eigenvalue weighted by atomic mass is 10.0. The number of carbonyl (C=O) groups excluding carboxylic acids is 6. The van der Waals surface area contributed by atoms with Crippen molar-refractivity contribution in [1.82, 2.24) is 31.6 Å². The van der Waals surface area contributed by atoms with E-state index in [1.807, 2.05) is 6.07 Å². The zero-order valence-corrected chi connectivity index (χ0v) is 27.5. The summed E-state index contributed by atoms with van der Waals surface area (Å²) in [5, 5.41) is 32.9. The Balaban J connectivity index is 2.37. The molecule has 48 heavy (non-hydrogen) atoms. The van der Waals surface area contributed by atoms with Crippen LogP contribution in [0, 0.1) is 0 Å². The van der Waals surface area contributed by atoms with Crippen LogP contribution in [0.15, 0.2) is 30.5 Å². The fourth-order valence-corrected chi connectivity index (χ4v) is 4.95. The summed E-state index contributed by atoms with van der Waals surface area (Å²) in [6.07, 6.45) is 0.390. The summed E-state index contributed by atoms with van der Waals surface area (Å²) < 4.78 is 0. The van der Waals surface area contributed by atoms with Crippen LogP contribution in [0.5, 0.6) is 0 Å². The van der Waals surface area contributed by atoms with Crippen molar-refractivity contribution in [3.8, 4) is 0 Å². The van der Waals surface area contributed by atoms with Gasteiger partial charge in [0.2, 0.25) is 35.4 Å². The zero-order chi connectivity index (χ0) is 36.0. The maximum absolute atomic E-state index is 13.8. The Morgan fingerprint density at radius 1 is 0.896 bits per heavy atom. The highest BCUT2D eigenvalue weighted by molar-refractivity contribution is 7.80. The van der Waals surface area contributed by atoms with Crippen molar-refractivity contribution in [2.24, 2.45) is 11.5 Å². The normalized spacial score (nSPS) is 14.8. The van der Waals surface area contributed by atoms with Crippen molar-refractivity contribution in [1.29, 1.82) is 0 Å². The van der Waals surface area contributed by atoms with Crippen LogP contribution in [0.3, 0.4) is 0 Å². The summed E-state index contributed by atoms with van der Waals surface area (Å²) in [5.41, 5.74) is 12.1. The second kappa shape index (κ2) is 19.2. The molecular weight excluding hydrogens is 648 g/mol. The second-order valence-corrected chi connectivity index (χ2v) is 11.6. The molecule has 2 aromatic rings. The van der Waals surface area contributed by atoms with Crippen LogP contribution < -0.4 is 38.1 Å². The average molecular weight is 693 g/mol. The van der Waals surface area contributed by atoms with E-state index >= 15 is 0 Å². The molecule has 264 valence electrons. The molecule has 1 aromatic heterocycles. The summed E-state index contributed by atoms with van der Waals surface area (Å²) >= 11 is 3.97. The fourth-order valence-electron chi connectivity index (χ4n) is 4.70. The van der Waals surface area contributed by atoms with Gasteiger partial charge in [0.1, 0.15) is 24.2 Å². The van der Waals surface area contributed by atoms with Crippen molar-refractivity contribution >= 4 is 64.9 Å². The van der Waals surface area contributed by atoms with Gasteiger partial charge in [-0.05, 0) is 37.8 Å². The minimum absolute atomic E-state index is 0.0495. The predicted octanol–water partition coefficient (Wildman–Crippen LogP) is -2.45. The van der Waals surface area contributed by atoms with Gasteiger partial charge in [0, 0.05) is 42.7 Å². The SMILES string of the molecule is CC(=O)NCCCC[C@H](NC(=O)[C@H](Cc1c[nH]c2ccccc12)NC(=O)[C@@H](NC(=O)[C@@H](N)CC(N)=O)[C@@H](C)O)C(=O)N[C@@H](CS)C(=O)O. The Kier molecular flexibility index (Phi) is 15.8. The number of unbranched alkanes of at least 4 members (excludes halogenated alkanes) is 1. The number of aromatic amines is 1. The van der Waals surface area contributed by atoms with Crippen LogP contribution >= 0.6 is 12.6 Å². The molecular formula is C30H44N8O9S. The molecule has 0 radical (unpaired) electrons. The van der Waals surface area contributed by atoms with Crippen molar-refractivity contribution in [2.75, 3.05) is 12.3 Å². The lowest BCUT2D eigenvalue weighted by Crippen LogP contribution is -2.61. The molecule has 1 aromatic carbocycles. The quantitative estimate of drug-likeness (QED) is 0.0515. The molecule has 2 rings (SSSR count). The first-order valence-electron chi connectivity index (χ1n) is 15.2. The number of carboxylic acids is 1. The highest BCUT2D eigenvalue weighted by Gasteiger charge is 2.34. The third kappa shape index (κ3) is 12.5. The molecule has 6 amide bonds. The first kappa shape index (κ1) is 39.5. The summed E-state index contributed by atoms with van der Waals surface area (Å²) in [7, 11) is 0. The fraction of sp³-hybridized carbons (Fsp3) is 0.500. The molecule has 17 nitrogen and oxygen atoms in total. The van der Waals surface area contributed by atoms with Crippen LogP contribution in [-0.4, -0.2) is 105 Å². The van der Waals surface area contributed by atoms with E-state index in [1.54, 1.807) is 24.4 Å². The summed E-state index contributed by atoms with van der Waals surface area (Å²) in [4.78, 5) is 90.1. The molecule has 0 saturated heterocycles. The molecule has 18 heteroatoms. The standard InChI is InChI=1S/C30H44N8O9S/c1-15(39)25(38-26(42)19(31)12-24(32)41)29(45)36-22(11-17-13-34-20-8-4-3-7-18(17)20)28(44)35-21(9-5-6-10-33-16(2)40)27(43)37-23(14-48)30(46)47/h3-4,7-8,13,15,19,21-23,25,34,39,48H,5-6,9-12,14,31H2,1-2H3,(H2,32,41)(H,33,40)(H,35,44)(H,36,45)(H,37,43)(H,38,42)(H,46,47)/t15-,19+,21+,22+,23+,25+/m1/s1. The Morgan fingerprint density at radius 3 is 2.12 bits per heavy atom. The van der Waals surface area contributed by atoms with Crippen LogP contribution in [0.25, 0.3) is 10.9 Å². The number of carboxylic acid groups (broad SMARTS) is 1. The van der Waals surface area contributed by atoms with Gasteiger partial charge in [0.15, 0.2) is 0 Å². The zero-order valence-electron chi connectivity index (χ0n) is 26.7. The maximum Gasteiger partial charge on any atom is 0.327 e. The van der Waals surface area contributed by atoms with Gasteiger partial charge in [0.25, 0.3) is 0 Å². The van der Waals surface area contributed by atoms with E-state index in [4.69, 9.17) is 11.5 Å². The third-order valence-electron chi connectivity index (χ3n) is 7.28. The number of H-pyrrole nitrogens is 1. The van der Waals surface area contributed by atoms with Crippen LogP contribution in [0.4, 0.5) is 0 Å². The number of rotatable bonds is 20. The topological polar surface area (TPSA) is 288 Å². The molecule has 1 heterocycles. The van der Waals surface area contributed by atoms with E-state index in [9.17, 15) is 43.8 Å². The minimum atomic E-state index is -1.60. The van der Waals surface area contributed by atoms with Gasteiger partial charge < -0.3 is 53.2 Å². The number of fused-ring (bicyclic) bond motifs is 1. The first-order chi connectivity index (χ1) is 22.6. The molecule has 12 N–H and O–H groups in total. The Morgan fingerprint density at radius 2 is 1.52 bits per heavy atom. The molecule has 6 atom stereocenters. The van der Waals surface area contributed by atoms with Gasteiger partial charge in [0.05, 0.1) is 18.6 Å². The predicted molar refractivity (Wildman–Crippen MR) is 177 cm³/mol. The Bertz CT molecular complexity index is 1470. The molecule has 0 fully saturated rings. The Labute approximate surface area is 282 Å². The summed E-state index contributed by atoms with van der Waals surface area (Å²) in [6.45, 7) is 2.88. The number of para-hydroxylation sites is 1. The number of carbonyl (C=O) groups is 7. The van der Waals surface area contributed by atoms with Gasteiger partial charge in [-0.15, -0.1) is 0 Å². The molecule has 0 aliphatic rings. The van der Waals surface area contributed by atoms with Crippen LogP contribution in [0.2, 0.25) is 0 Å². The van der Waals surface area contributed by atoms with E-state index < -0.39 is 78.2 Å². The number of aliphatic hydroxyl groups is 1. The number of hydrogen-bond donors (Lipinski definition) is 11. The highest BCUT2D eigenvalue weighted by atomic mass is 32.1. The van der Waals surface area contributed by atoms with Crippen LogP contribution in [0.1, 0.15) is 45.1 Å². The molecule has 0 unspecified atom stereocenters. The number of aromatic nitrogens is 1. The summed E-state index contributed by atoms with van der Waals surface area (Å²) in [5.74, 6) is -6.20. The van der Waals surface area contributed by atoms with Gasteiger partial charge in [-0.1, -0.05) is 18.2 Å². The lowest BCUT2D eigenvalue weighted by Gasteiger charge is -2.27. The average Bonchev–Trinajstić information content (AvgIpc) is 3.42. The maximum atomic E-state index is 13.8. The van der Waals surface area contributed by atoms with Gasteiger partial charge >= 0.3 is 5.97 Å².